The fourth-order valence-corrected chi connectivity index (χ4v) is 4.82. The largest absolute Gasteiger partial charge is 0.416 e. The highest BCUT2D eigenvalue weighted by Gasteiger charge is 2.20. The van der Waals surface area contributed by atoms with E-state index < -0.39 is 5.25 Å². The van der Waals surface area contributed by atoms with Gasteiger partial charge in [0.25, 0.3) is 5.22 Å². The molecule has 1 atom stereocenters. The predicted molar refractivity (Wildman–Crippen MR) is 125 cm³/mol. The SMILES string of the molecule is CCc1ccc(-c2csc(NC(=O)[C@H](C)Sc3nnc(Cc4csc(C)n4)o3)n2)cc1. The highest BCUT2D eigenvalue weighted by molar-refractivity contribution is 8.00. The molecule has 10 heteroatoms. The van der Waals surface area contributed by atoms with E-state index in [0.717, 1.165) is 28.4 Å². The third-order valence-electron chi connectivity index (χ3n) is 4.49. The van der Waals surface area contributed by atoms with Crippen LogP contribution in [0.25, 0.3) is 11.3 Å². The van der Waals surface area contributed by atoms with Crippen LogP contribution < -0.4 is 5.32 Å². The van der Waals surface area contributed by atoms with Crippen molar-refractivity contribution in [3.8, 4) is 11.3 Å². The molecule has 1 aromatic carbocycles. The Morgan fingerprint density at radius 2 is 1.97 bits per heavy atom. The second kappa shape index (κ2) is 9.71. The van der Waals surface area contributed by atoms with E-state index in [0.29, 0.717) is 22.7 Å². The van der Waals surface area contributed by atoms with Crippen LogP contribution in [0.1, 0.15) is 36.0 Å². The number of rotatable bonds is 8. The Labute approximate surface area is 192 Å². The summed E-state index contributed by atoms with van der Waals surface area (Å²) < 4.78 is 5.66. The van der Waals surface area contributed by atoms with Crippen LogP contribution in [0, 0.1) is 6.92 Å². The molecule has 3 heterocycles. The number of aromatic nitrogens is 4. The summed E-state index contributed by atoms with van der Waals surface area (Å²) in [6.07, 6.45) is 1.49. The molecule has 0 saturated heterocycles. The monoisotopic (exact) mass is 471 g/mol. The molecule has 1 N–H and O–H groups in total. The first kappa shape index (κ1) is 21.7. The highest BCUT2D eigenvalue weighted by Crippen LogP contribution is 2.27. The number of nitrogens with zero attached hydrogens (tertiary/aromatic N) is 4. The minimum Gasteiger partial charge on any atom is -0.416 e. The third kappa shape index (κ3) is 5.57. The number of carbonyl (C=O) groups is 1. The fraction of sp³-hybridized carbons (Fsp3) is 0.286. The van der Waals surface area contributed by atoms with Gasteiger partial charge in [-0.3, -0.25) is 4.79 Å². The van der Waals surface area contributed by atoms with Gasteiger partial charge in [-0.1, -0.05) is 43.0 Å². The average molecular weight is 472 g/mol. The van der Waals surface area contributed by atoms with E-state index >= 15 is 0 Å². The summed E-state index contributed by atoms with van der Waals surface area (Å²) in [5, 5.41) is 16.4. The van der Waals surface area contributed by atoms with E-state index in [9.17, 15) is 4.79 Å². The van der Waals surface area contributed by atoms with E-state index in [2.05, 4.69) is 56.7 Å². The zero-order valence-electron chi connectivity index (χ0n) is 17.3. The van der Waals surface area contributed by atoms with Gasteiger partial charge in [0.1, 0.15) is 0 Å². The van der Waals surface area contributed by atoms with Crippen LogP contribution in [-0.2, 0) is 17.6 Å². The summed E-state index contributed by atoms with van der Waals surface area (Å²) in [5.41, 5.74) is 4.06. The number of nitrogens with one attached hydrogen (secondary N) is 1. The standard InChI is InChI=1S/C21H21N5O2S3/c1-4-14-5-7-15(8-6-14)17-11-30-20(23-17)24-19(27)12(2)31-21-26-25-18(28-21)9-16-10-29-13(3)22-16/h5-8,10-12H,4,9H2,1-3H3,(H,23,24,27)/t12-/m0/s1. The summed E-state index contributed by atoms with van der Waals surface area (Å²) in [6.45, 7) is 5.88. The van der Waals surface area contributed by atoms with E-state index in [1.165, 1.54) is 28.7 Å². The van der Waals surface area contributed by atoms with Gasteiger partial charge in [-0.05, 0) is 25.8 Å². The zero-order chi connectivity index (χ0) is 21.8. The van der Waals surface area contributed by atoms with Gasteiger partial charge in [-0.25, -0.2) is 9.97 Å². The number of benzene rings is 1. The Morgan fingerprint density at radius 3 is 2.68 bits per heavy atom. The minimum atomic E-state index is -0.411. The molecule has 0 aliphatic carbocycles. The van der Waals surface area contributed by atoms with Crippen molar-refractivity contribution in [2.45, 2.75) is 44.1 Å². The number of anilines is 1. The van der Waals surface area contributed by atoms with Crippen LogP contribution >= 0.6 is 34.4 Å². The van der Waals surface area contributed by atoms with Gasteiger partial charge in [0.2, 0.25) is 11.8 Å². The van der Waals surface area contributed by atoms with Gasteiger partial charge < -0.3 is 9.73 Å². The molecule has 0 spiro atoms. The number of thiazole rings is 2. The average Bonchev–Trinajstić information content (AvgIpc) is 3.50. The molecule has 7 nitrogen and oxygen atoms in total. The maximum absolute atomic E-state index is 12.6. The lowest BCUT2D eigenvalue weighted by molar-refractivity contribution is -0.115. The van der Waals surface area contributed by atoms with E-state index in [-0.39, 0.29) is 5.91 Å². The number of aryl methyl sites for hydroxylation is 2. The van der Waals surface area contributed by atoms with Gasteiger partial charge in [0.15, 0.2) is 5.13 Å². The summed E-state index contributed by atoms with van der Waals surface area (Å²) in [4.78, 5) is 21.5. The van der Waals surface area contributed by atoms with Crippen molar-refractivity contribution >= 4 is 45.5 Å². The first-order chi connectivity index (χ1) is 15.0. The Balaban J connectivity index is 1.33. The van der Waals surface area contributed by atoms with Crippen molar-refractivity contribution in [2.75, 3.05) is 5.32 Å². The summed E-state index contributed by atoms with van der Waals surface area (Å²) in [7, 11) is 0. The van der Waals surface area contributed by atoms with Crippen molar-refractivity contribution < 1.29 is 9.21 Å². The zero-order valence-corrected chi connectivity index (χ0v) is 19.7. The minimum absolute atomic E-state index is 0.165. The molecule has 0 saturated carbocycles. The number of hydrogen-bond acceptors (Lipinski definition) is 9. The Kier molecular flexibility index (Phi) is 6.79. The lowest BCUT2D eigenvalue weighted by atomic mass is 10.1. The molecule has 0 fully saturated rings. The molecule has 4 rings (SSSR count). The molecule has 4 aromatic rings. The second-order valence-electron chi connectivity index (χ2n) is 6.83. The van der Waals surface area contributed by atoms with E-state index in [1.807, 2.05) is 17.7 Å². The molecule has 3 aromatic heterocycles. The maximum atomic E-state index is 12.6. The van der Waals surface area contributed by atoms with Crippen molar-refractivity contribution in [2.24, 2.45) is 0 Å². The number of hydrogen-bond donors (Lipinski definition) is 1. The van der Waals surface area contributed by atoms with Crippen molar-refractivity contribution in [3.63, 3.8) is 0 Å². The van der Waals surface area contributed by atoms with Crippen molar-refractivity contribution in [1.82, 2.24) is 20.2 Å². The highest BCUT2D eigenvalue weighted by atomic mass is 32.2. The molecular formula is C21H21N5O2S3. The van der Waals surface area contributed by atoms with Gasteiger partial charge in [-0.2, -0.15) is 0 Å². The van der Waals surface area contributed by atoms with Crippen LogP contribution in [0.3, 0.4) is 0 Å². The summed E-state index contributed by atoms with van der Waals surface area (Å²) in [6, 6.07) is 8.30. The second-order valence-corrected chi connectivity index (χ2v) is 10.0. The first-order valence-electron chi connectivity index (χ1n) is 9.76. The molecule has 1 amide bonds. The van der Waals surface area contributed by atoms with Gasteiger partial charge >= 0.3 is 0 Å². The Morgan fingerprint density at radius 1 is 1.16 bits per heavy atom. The first-order valence-corrected chi connectivity index (χ1v) is 12.4. The molecule has 160 valence electrons. The molecule has 0 aliphatic heterocycles. The van der Waals surface area contributed by atoms with Crippen LogP contribution in [-0.4, -0.2) is 31.3 Å². The lowest BCUT2D eigenvalue weighted by Gasteiger charge is -2.07. The van der Waals surface area contributed by atoms with Crippen LogP contribution in [0.2, 0.25) is 0 Å². The normalized spacial score (nSPS) is 12.1. The van der Waals surface area contributed by atoms with Crippen molar-refractivity contribution in [1.29, 1.82) is 0 Å². The Bertz CT molecular complexity index is 1170. The molecular weight excluding hydrogens is 450 g/mol. The summed E-state index contributed by atoms with van der Waals surface area (Å²) >= 11 is 4.21. The topological polar surface area (TPSA) is 93.8 Å². The van der Waals surface area contributed by atoms with Crippen molar-refractivity contribution in [3.05, 3.63) is 57.2 Å². The van der Waals surface area contributed by atoms with Crippen LogP contribution in [0.15, 0.2) is 44.7 Å². The number of amides is 1. The van der Waals surface area contributed by atoms with Gasteiger partial charge in [-0.15, -0.1) is 32.9 Å². The molecule has 0 bridgehead atoms. The fourth-order valence-electron chi connectivity index (χ4n) is 2.79. The van der Waals surface area contributed by atoms with E-state index in [1.54, 1.807) is 18.3 Å². The van der Waals surface area contributed by atoms with Gasteiger partial charge in [0, 0.05) is 16.3 Å². The molecule has 0 radical (unpaired) electrons. The van der Waals surface area contributed by atoms with Gasteiger partial charge in [0.05, 0.1) is 28.1 Å². The predicted octanol–water partition coefficient (Wildman–Crippen LogP) is 5.23. The lowest BCUT2D eigenvalue weighted by Crippen LogP contribution is -2.22. The molecule has 0 aliphatic rings. The molecule has 31 heavy (non-hydrogen) atoms. The maximum Gasteiger partial charge on any atom is 0.277 e. The van der Waals surface area contributed by atoms with Crippen LogP contribution in [0.4, 0.5) is 5.13 Å². The van der Waals surface area contributed by atoms with Crippen LogP contribution in [0.5, 0.6) is 0 Å². The third-order valence-corrected chi connectivity index (χ3v) is 7.00. The molecule has 0 unspecified atom stereocenters. The number of thioether (sulfide) groups is 1. The quantitative estimate of drug-likeness (QED) is 0.352. The van der Waals surface area contributed by atoms with E-state index in [4.69, 9.17) is 4.42 Å². The summed E-state index contributed by atoms with van der Waals surface area (Å²) in [5.74, 6) is 0.321. The smallest absolute Gasteiger partial charge is 0.277 e. The number of carbonyl (C=O) groups excluding carboxylic acids is 1. The Hall–Kier alpha value is -2.56.